The Morgan fingerprint density at radius 3 is 2.41 bits per heavy atom. The summed E-state index contributed by atoms with van der Waals surface area (Å²) in [6.07, 6.45) is 0. The van der Waals surface area contributed by atoms with Crippen molar-refractivity contribution in [1.29, 1.82) is 0 Å². The summed E-state index contributed by atoms with van der Waals surface area (Å²) in [7, 11) is 5.39. The fourth-order valence-electron chi connectivity index (χ4n) is 4.75. The van der Waals surface area contributed by atoms with Crippen LogP contribution in [0.3, 0.4) is 0 Å². The molecule has 1 fully saturated rings. The Morgan fingerprint density at radius 1 is 0.974 bits per heavy atom. The lowest BCUT2D eigenvalue weighted by Crippen LogP contribution is -2.44. The van der Waals surface area contributed by atoms with Crippen molar-refractivity contribution in [1.82, 2.24) is 15.0 Å². The summed E-state index contributed by atoms with van der Waals surface area (Å²) < 4.78 is 15.9. The van der Waals surface area contributed by atoms with Crippen LogP contribution in [-0.4, -0.2) is 68.4 Å². The van der Waals surface area contributed by atoms with Crippen molar-refractivity contribution in [2.24, 2.45) is 0 Å². The zero-order valence-electron chi connectivity index (χ0n) is 22.7. The number of hydrogen-bond donors (Lipinski definition) is 1. The first-order chi connectivity index (χ1) is 18.9. The number of nitrogens with one attached hydrogen (secondary N) is 1. The number of ether oxygens (including phenoxy) is 2. The Kier molecular flexibility index (Phi) is 7.90. The Bertz CT molecular complexity index is 1440. The zero-order chi connectivity index (χ0) is 27.4. The molecule has 1 N–H and O–H groups in total. The van der Waals surface area contributed by atoms with Gasteiger partial charge in [-0.2, -0.15) is 4.98 Å². The van der Waals surface area contributed by atoms with Crippen molar-refractivity contribution in [3.8, 4) is 28.3 Å². The van der Waals surface area contributed by atoms with Gasteiger partial charge in [-0.25, -0.2) is 0 Å². The summed E-state index contributed by atoms with van der Waals surface area (Å²) >= 11 is 0. The molecule has 4 aromatic rings. The molecule has 1 aliphatic rings. The molecule has 0 bridgehead atoms. The fourth-order valence-corrected chi connectivity index (χ4v) is 4.75. The maximum atomic E-state index is 13.1. The van der Waals surface area contributed by atoms with E-state index in [0.29, 0.717) is 17.3 Å². The second-order valence-corrected chi connectivity index (χ2v) is 9.68. The Morgan fingerprint density at radius 2 is 1.72 bits per heavy atom. The second kappa shape index (κ2) is 11.7. The van der Waals surface area contributed by atoms with Crippen LogP contribution in [0.15, 0.2) is 65.2 Å². The molecule has 202 valence electrons. The van der Waals surface area contributed by atoms with Crippen LogP contribution in [0.2, 0.25) is 0 Å². The first kappa shape index (κ1) is 26.4. The van der Waals surface area contributed by atoms with Gasteiger partial charge in [0.2, 0.25) is 5.82 Å². The number of piperazine rings is 1. The molecule has 2 heterocycles. The number of likely N-dealkylation sites (N-methyl/N-ethyl adjacent to an activating group) is 1. The molecule has 5 rings (SSSR count). The summed E-state index contributed by atoms with van der Waals surface area (Å²) in [5, 5.41) is 7.08. The molecular weight excluding hydrogens is 494 g/mol. The normalized spacial score (nSPS) is 13.9. The van der Waals surface area contributed by atoms with Crippen LogP contribution >= 0.6 is 0 Å². The third kappa shape index (κ3) is 5.94. The lowest BCUT2D eigenvalue weighted by atomic mass is 9.97. The van der Waals surface area contributed by atoms with E-state index in [0.717, 1.165) is 65.6 Å². The van der Waals surface area contributed by atoms with E-state index >= 15 is 0 Å². The number of hydrogen-bond acceptors (Lipinski definition) is 8. The summed E-state index contributed by atoms with van der Waals surface area (Å²) in [6, 6.07) is 19.4. The van der Waals surface area contributed by atoms with E-state index < -0.39 is 0 Å². The number of amides is 1. The lowest BCUT2D eigenvalue weighted by molar-refractivity contribution is 0.102. The predicted octanol–water partition coefficient (Wildman–Crippen LogP) is 4.87. The minimum absolute atomic E-state index is 0.160. The quantitative estimate of drug-likeness (QED) is 0.347. The minimum Gasteiger partial charge on any atom is -0.495 e. The summed E-state index contributed by atoms with van der Waals surface area (Å²) in [6.45, 7) is 6.12. The van der Waals surface area contributed by atoms with Crippen LogP contribution < -0.4 is 15.0 Å². The number of nitrogens with zero attached hydrogens (tertiary/aromatic N) is 4. The van der Waals surface area contributed by atoms with Gasteiger partial charge in [0.05, 0.1) is 12.8 Å². The van der Waals surface area contributed by atoms with Gasteiger partial charge in [0, 0.05) is 50.1 Å². The fraction of sp³-hybridized carbons (Fsp3) is 0.300. The van der Waals surface area contributed by atoms with Crippen molar-refractivity contribution in [3.63, 3.8) is 0 Å². The largest absolute Gasteiger partial charge is 0.495 e. The van der Waals surface area contributed by atoms with Gasteiger partial charge in [-0.05, 0) is 67.1 Å². The molecule has 3 aromatic carbocycles. The first-order valence-corrected chi connectivity index (χ1v) is 12.9. The van der Waals surface area contributed by atoms with E-state index in [4.69, 9.17) is 14.0 Å². The highest BCUT2D eigenvalue weighted by Gasteiger charge is 2.19. The van der Waals surface area contributed by atoms with Crippen LogP contribution in [0.4, 0.5) is 11.4 Å². The van der Waals surface area contributed by atoms with Crippen molar-refractivity contribution in [2.45, 2.75) is 13.5 Å². The molecule has 0 aliphatic carbocycles. The van der Waals surface area contributed by atoms with Gasteiger partial charge in [0.25, 0.3) is 11.8 Å². The zero-order valence-corrected chi connectivity index (χ0v) is 22.7. The molecule has 9 heteroatoms. The number of aryl methyl sites for hydroxylation is 1. The number of aromatic nitrogens is 2. The second-order valence-electron chi connectivity index (χ2n) is 9.68. The first-order valence-electron chi connectivity index (χ1n) is 12.9. The van der Waals surface area contributed by atoms with Gasteiger partial charge in [0.1, 0.15) is 12.4 Å². The highest BCUT2D eigenvalue weighted by Crippen LogP contribution is 2.32. The van der Waals surface area contributed by atoms with E-state index in [-0.39, 0.29) is 12.5 Å². The summed E-state index contributed by atoms with van der Waals surface area (Å²) in [5.74, 6) is 1.61. The van der Waals surface area contributed by atoms with Gasteiger partial charge in [-0.3, -0.25) is 4.79 Å². The molecule has 1 amide bonds. The van der Waals surface area contributed by atoms with Crippen molar-refractivity contribution in [2.75, 3.05) is 57.7 Å². The van der Waals surface area contributed by atoms with Crippen molar-refractivity contribution in [3.05, 3.63) is 77.7 Å². The van der Waals surface area contributed by atoms with Crippen LogP contribution in [0, 0.1) is 6.92 Å². The van der Waals surface area contributed by atoms with Gasteiger partial charge >= 0.3 is 0 Å². The molecule has 1 aromatic heterocycles. The SMILES string of the molecule is COCc1nc(-c2ccc(-c3ccc(C(=O)Nc4ccc(OC)c(N5CCN(C)CC5)c4)cc3)c(C)c2)no1. The van der Waals surface area contributed by atoms with Gasteiger partial charge in [0.15, 0.2) is 0 Å². The number of benzene rings is 3. The van der Waals surface area contributed by atoms with Crippen LogP contribution in [0.5, 0.6) is 5.75 Å². The lowest BCUT2D eigenvalue weighted by Gasteiger charge is -2.34. The maximum absolute atomic E-state index is 13.1. The van der Waals surface area contributed by atoms with Gasteiger partial charge < -0.3 is 29.1 Å². The number of carbonyl (C=O) groups is 1. The Balaban J connectivity index is 1.29. The van der Waals surface area contributed by atoms with Crippen LogP contribution in [0.1, 0.15) is 21.8 Å². The molecular formula is C30H33N5O4. The number of anilines is 2. The number of methoxy groups -OCH3 is 2. The number of rotatable bonds is 8. The molecule has 39 heavy (non-hydrogen) atoms. The van der Waals surface area contributed by atoms with Crippen molar-refractivity contribution >= 4 is 17.3 Å². The third-order valence-corrected chi connectivity index (χ3v) is 6.96. The van der Waals surface area contributed by atoms with E-state index in [9.17, 15) is 4.79 Å². The molecule has 0 unspecified atom stereocenters. The van der Waals surface area contributed by atoms with Gasteiger partial charge in [-0.1, -0.05) is 29.4 Å². The monoisotopic (exact) mass is 527 g/mol. The molecule has 0 atom stereocenters. The number of carbonyl (C=O) groups excluding carboxylic acids is 1. The smallest absolute Gasteiger partial charge is 0.255 e. The summed E-state index contributed by atoms with van der Waals surface area (Å²) in [5.41, 5.74) is 6.34. The molecule has 1 aliphatic heterocycles. The van der Waals surface area contributed by atoms with Gasteiger partial charge in [-0.15, -0.1) is 0 Å². The Hall–Kier alpha value is -4.21. The minimum atomic E-state index is -0.160. The molecule has 0 radical (unpaired) electrons. The average Bonchev–Trinajstić information content (AvgIpc) is 3.42. The van der Waals surface area contributed by atoms with Crippen LogP contribution in [0.25, 0.3) is 22.5 Å². The molecule has 9 nitrogen and oxygen atoms in total. The summed E-state index contributed by atoms with van der Waals surface area (Å²) in [4.78, 5) is 22.0. The van der Waals surface area contributed by atoms with Crippen LogP contribution in [-0.2, 0) is 11.3 Å². The third-order valence-electron chi connectivity index (χ3n) is 6.96. The van der Waals surface area contributed by atoms with E-state index in [1.54, 1.807) is 14.2 Å². The van der Waals surface area contributed by atoms with Crippen molar-refractivity contribution < 1.29 is 18.8 Å². The van der Waals surface area contributed by atoms with E-state index in [2.05, 4.69) is 32.3 Å². The van der Waals surface area contributed by atoms with E-state index in [1.165, 1.54) is 0 Å². The molecule has 0 spiro atoms. The predicted molar refractivity (Wildman–Crippen MR) is 151 cm³/mol. The highest BCUT2D eigenvalue weighted by atomic mass is 16.5. The maximum Gasteiger partial charge on any atom is 0.255 e. The average molecular weight is 528 g/mol. The highest BCUT2D eigenvalue weighted by molar-refractivity contribution is 6.04. The standard InChI is InChI=1S/C30H33N5O4/c1-20-17-23(29-32-28(19-37-3)39-33-29)9-11-25(20)21-5-7-22(8-6-21)30(36)31-24-10-12-27(38-4)26(18-24)35-15-13-34(2)14-16-35/h5-12,17-18H,13-16,19H2,1-4H3,(H,31,36). The molecule has 0 saturated carbocycles. The topological polar surface area (TPSA) is 93.0 Å². The molecule has 1 saturated heterocycles. The van der Waals surface area contributed by atoms with E-state index in [1.807, 2.05) is 67.6 Å². The Labute approximate surface area is 228 Å².